The first-order valence-electron chi connectivity index (χ1n) is 6.87. The molecule has 0 saturated carbocycles. The van der Waals surface area contributed by atoms with Gasteiger partial charge in [-0.15, -0.1) is 0 Å². The maximum Gasteiger partial charge on any atom is 0.349 e. The van der Waals surface area contributed by atoms with E-state index < -0.39 is 0 Å². The number of anilines is 1. The van der Waals surface area contributed by atoms with Gasteiger partial charge < -0.3 is 9.64 Å². The Morgan fingerprint density at radius 3 is 2.52 bits per heavy atom. The molecule has 3 rings (SSSR count). The van der Waals surface area contributed by atoms with Crippen molar-refractivity contribution in [1.29, 1.82) is 0 Å². The Morgan fingerprint density at radius 2 is 1.86 bits per heavy atom. The molecule has 0 atom stereocenters. The van der Waals surface area contributed by atoms with Crippen LogP contribution in [0.2, 0.25) is 5.02 Å². The van der Waals surface area contributed by atoms with Crippen molar-refractivity contribution in [2.45, 2.75) is 6.54 Å². The Balaban J connectivity index is 1.77. The zero-order valence-corrected chi connectivity index (χ0v) is 12.3. The van der Waals surface area contributed by atoms with Crippen molar-refractivity contribution < 1.29 is 4.74 Å². The van der Waals surface area contributed by atoms with Gasteiger partial charge in [-0.3, -0.25) is 4.57 Å². The normalized spacial score (nSPS) is 15.2. The van der Waals surface area contributed by atoms with E-state index in [1.807, 2.05) is 30.3 Å². The minimum absolute atomic E-state index is 0.242. The lowest BCUT2D eigenvalue weighted by Gasteiger charge is -2.27. The van der Waals surface area contributed by atoms with E-state index in [0.29, 0.717) is 24.8 Å². The fourth-order valence-corrected chi connectivity index (χ4v) is 2.42. The third kappa shape index (κ3) is 3.43. The highest BCUT2D eigenvalue weighted by Gasteiger charge is 2.13. The largest absolute Gasteiger partial charge is 0.378 e. The van der Waals surface area contributed by atoms with Crippen LogP contribution < -0.4 is 10.6 Å². The van der Waals surface area contributed by atoms with Gasteiger partial charge in [-0.2, -0.15) is 4.98 Å². The summed E-state index contributed by atoms with van der Waals surface area (Å²) in [6.45, 7) is 3.39. The maximum atomic E-state index is 12.1. The van der Waals surface area contributed by atoms with Gasteiger partial charge in [0.15, 0.2) is 0 Å². The number of ether oxygens (including phenoxy) is 1. The van der Waals surface area contributed by atoms with Gasteiger partial charge in [0, 0.05) is 24.3 Å². The van der Waals surface area contributed by atoms with E-state index >= 15 is 0 Å². The molecule has 5 nitrogen and oxygen atoms in total. The highest BCUT2D eigenvalue weighted by molar-refractivity contribution is 6.30. The molecule has 2 heterocycles. The number of hydrogen-bond acceptors (Lipinski definition) is 4. The van der Waals surface area contributed by atoms with Gasteiger partial charge in [-0.25, -0.2) is 4.79 Å². The number of rotatable bonds is 3. The fourth-order valence-electron chi connectivity index (χ4n) is 2.30. The highest BCUT2D eigenvalue weighted by Crippen LogP contribution is 2.12. The SMILES string of the molecule is O=c1nc(N2CCOCC2)ccn1Cc1ccc(Cl)cc1. The Labute approximate surface area is 127 Å². The summed E-state index contributed by atoms with van der Waals surface area (Å²) in [6, 6.07) is 9.33. The predicted molar refractivity (Wildman–Crippen MR) is 82.1 cm³/mol. The van der Waals surface area contributed by atoms with E-state index in [2.05, 4.69) is 9.88 Å². The Bertz CT molecular complexity index is 663. The van der Waals surface area contributed by atoms with Crippen LogP contribution in [0.25, 0.3) is 0 Å². The monoisotopic (exact) mass is 305 g/mol. The first kappa shape index (κ1) is 14.1. The van der Waals surface area contributed by atoms with Crippen LogP contribution in [0.5, 0.6) is 0 Å². The summed E-state index contributed by atoms with van der Waals surface area (Å²) >= 11 is 5.86. The first-order valence-corrected chi connectivity index (χ1v) is 7.25. The average Bonchev–Trinajstić information content (AvgIpc) is 2.52. The van der Waals surface area contributed by atoms with Crippen LogP contribution in [0.4, 0.5) is 5.82 Å². The van der Waals surface area contributed by atoms with Crippen molar-refractivity contribution in [3.05, 3.63) is 57.6 Å². The van der Waals surface area contributed by atoms with Crippen LogP contribution >= 0.6 is 11.6 Å². The van der Waals surface area contributed by atoms with E-state index in [4.69, 9.17) is 16.3 Å². The van der Waals surface area contributed by atoms with E-state index in [1.165, 1.54) is 0 Å². The second kappa shape index (κ2) is 6.28. The van der Waals surface area contributed by atoms with E-state index in [-0.39, 0.29) is 5.69 Å². The minimum atomic E-state index is -0.242. The highest BCUT2D eigenvalue weighted by atomic mass is 35.5. The molecule has 1 aromatic heterocycles. The van der Waals surface area contributed by atoms with Gasteiger partial charge >= 0.3 is 5.69 Å². The molecular weight excluding hydrogens is 290 g/mol. The van der Waals surface area contributed by atoms with E-state index in [0.717, 1.165) is 24.5 Å². The molecule has 0 unspecified atom stereocenters. The van der Waals surface area contributed by atoms with Crippen LogP contribution in [0.15, 0.2) is 41.3 Å². The molecule has 0 aliphatic carbocycles. The zero-order chi connectivity index (χ0) is 14.7. The molecular formula is C15H16ClN3O2. The minimum Gasteiger partial charge on any atom is -0.378 e. The van der Waals surface area contributed by atoms with Crippen LogP contribution in [0.1, 0.15) is 5.56 Å². The molecule has 1 aromatic carbocycles. The Morgan fingerprint density at radius 1 is 1.14 bits per heavy atom. The van der Waals surface area contributed by atoms with Gasteiger partial charge in [-0.05, 0) is 23.8 Å². The third-order valence-electron chi connectivity index (χ3n) is 3.46. The summed E-state index contributed by atoms with van der Waals surface area (Å²) < 4.78 is 6.89. The van der Waals surface area contributed by atoms with Gasteiger partial charge in [0.1, 0.15) is 5.82 Å². The lowest BCUT2D eigenvalue weighted by Crippen LogP contribution is -2.38. The summed E-state index contributed by atoms with van der Waals surface area (Å²) in [5.74, 6) is 0.718. The van der Waals surface area contributed by atoms with E-state index in [1.54, 1.807) is 10.8 Å². The molecule has 1 fully saturated rings. The van der Waals surface area contributed by atoms with Crippen molar-refractivity contribution >= 4 is 17.4 Å². The second-order valence-corrected chi connectivity index (χ2v) is 5.36. The van der Waals surface area contributed by atoms with Crippen molar-refractivity contribution in [3.8, 4) is 0 Å². The number of morpholine rings is 1. The molecule has 0 radical (unpaired) electrons. The Hall–Kier alpha value is -1.85. The van der Waals surface area contributed by atoms with Gasteiger partial charge in [0.25, 0.3) is 0 Å². The van der Waals surface area contributed by atoms with E-state index in [9.17, 15) is 4.79 Å². The molecule has 0 bridgehead atoms. The molecule has 6 heteroatoms. The molecule has 0 N–H and O–H groups in total. The molecule has 0 spiro atoms. The third-order valence-corrected chi connectivity index (χ3v) is 3.71. The van der Waals surface area contributed by atoms with Crippen molar-refractivity contribution in [2.75, 3.05) is 31.2 Å². The molecule has 0 amide bonds. The molecule has 21 heavy (non-hydrogen) atoms. The summed E-state index contributed by atoms with van der Waals surface area (Å²) in [4.78, 5) is 18.4. The fraction of sp³-hybridized carbons (Fsp3) is 0.333. The predicted octanol–water partition coefficient (Wildman–Crippen LogP) is 1.78. The van der Waals surface area contributed by atoms with Crippen LogP contribution in [-0.4, -0.2) is 35.9 Å². The zero-order valence-electron chi connectivity index (χ0n) is 11.5. The smallest absolute Gasteiger partial charge is 0.349 e. The molecule has 2 aromatic rings. The molecule has 1 saturated heterocycles. The number of nitrogens with zero attached hydrogens (tertiary/aromatic N) is 3. The number of aromatic nitrogens is 2. The lowest BCUT2D eigenvalue weighted by atomic mass is 10.2. The van der Waals surface area contributed by atoms with Crippen LogP contribution in [0.3, 0.4) is 0 Å². The van der Waals surface area contributed by atoms with Crippen molar-refractivity contribution in [1.82, 2.24) is 9.55 Å². The average molecular weight is 306 g/mol. The summed E-state index contributed by atoms with van der Waals surface area (Å²) in [5, 5.41) is 0.687. The Kier molecular flexibility index (Phi) is 4.22. The molecule has 110 valence electrons. The second-order valence-electron chi connectivity index (χ2n) is 4.92. The first-order chi connectivity index (χ1) is 10.2. The number of hydrogen-bond donors (Lipinski definition) is 0. The van der Waals surface area contributed by atoms with Gasteiger partial charge in [0.05, 0.1) is 19.8 Å². The maximum absolute atomic E-state index is 12.1. The van der Waals surface area contributed by atoms with Crippen LogP contribution in [-0.2, 0) is 11.3 Å². The number of benzene rings is 1. The topological polar surface area (TPSA) is 47.4 Å². The van der Waals surface area contributed by atoms with Crippen LogP contribution in [0, 0.1) is 0 Å². The van der Waals surface area contributed by atoms with Crippen molar-refractivity contribution in [2.24, 2.45) is 0 Å². The van der Waals surface area contributed by atoms with Gasteiger partial charge in [-0.1, -0.05) is 23.7 Å². The molecule has 1 aliphatic heterocycles. The number of halogens is 1. The summed E-state index contributed by atoms with van der Waals surface area (Å²) in [7, 11) is 0. The molecule has 1 aliphatic rings. The summed E-state index contributed by atoms with van der Waals surface area (Å²) in [5.41, 5.74) is 0.774. The summed E-state index contributed by atoms with van der Waals surface area (Å²) in [6.07, 6.45) is 1.79. The standard InChI is InChI=1S/C15H16ClN3O2/c16-13-3-1-12(2-4-13)11-19-6-5-14(17-15(19)20)18-7-9-21-10-8-18/h1-6H,7-11H2. The van der Waals surface area contributed by atoms with Crippen molar-refractivity contribution in [3.63, 3.8) is 0 Å². The quantitative estimate of drug-likeness (QED) is 0.867. The van der Waals surface area contributed by atoms with Gasteiger partial charge in [0.2, 0.25) is 0 Å². The lowest BCUT2D eigenvalue weighted by molar-refractivity contribution is 0.122.